The summed E-state index contributed by atoms with van der Waals surface area (Å²) in [5, 5.41) is 0. The summed E-state index contributed by atoms with van der Waals surface area (Å²) in [4.78, 5) is 18.9. The van der Waals surface area contributed by atoms with Crippen LogP contribution in [0.5, 0.6) is 0 Å². The van der Waals surface area contributed by atoms with E-state index >= 15 is 0 Å². The first-order valence-electron chi connectivity index (χ1n) is 8.24. The van der Waals surface area contributed by atoms with Crippen LogP contribution in [-0.4, -0.2) is 39.3 Å². The number of pyridine rings is 1. The monoisotopic (exact) mass is 320 g/mol. The number of imidazole rings is 1. The van der Waals surface area contributed by atoms with Crippen LogP contribution < -0.4 is 5.73 Å². The molecule has 122 valence electrons. The molecule has 0 unspecified atom stereocenters. The van der Waals surface area contributed by atoms with Gasteiger partial charge in [0.2, 0.25) is 0 Å². The number of fused-ring (bicyclic) bond motifs is 1. The van der Waals surface area contributed by atoms with Gasteiger partial charge in [-0.15, -0.1) is 0 Å². The summed E-state index contributed by atoms with van der Waals surface area (Å²) in [7, 11) is 0. The number of piperidine rings is 1. The molecule has 1 aromatic carbocycles. The van der Waals surface area contributed by atoms with E-state index in [2.05, 4.69) is 17.1 Å². The topological polar surface area (TPSA) is 63.6 Å². The number of rotatable bonds is 2. The van der Waals surface area contributed by atoms with Gasteiger partial charge in [0.05, 0.1) is 23.6 Å². The summed E-state index contributed by atoms with van der Waals surface area (Å²) in [6, 6.07) is 14.0. The summed E-state index contributed by atoms with van der Waals surface area (Å²) in [5.41, 5.74) is 9.17. The smallest absolute Gasteiger partial charge is 0.256 e. The maximum Gasteiger partial charge on any atom is 0.256 e. The molecule has 1 saturated heterocycles. The highest BCUT2D eigenvalue weighted by Crippen LogP contribution is 2.28. The minimum Gasteiger partial charge on any atom is -0.337 e. The number of hydrogen-bond acceptors (Lipinski definition) is 3. The van der Waals surface area contributed by atoms with Crippen molar-refractivity contribution < 1.29 is 4.79 Å². The van der Waals surface area contributed by atoms with Crippen molar-refractivity contribution in [3.8, 4) is 0 Å². The largest absolute Gasteiger partial charge is 0.337 e. The number of hydrogen-bond donors (Lipinski definition) is 1. The molecule has 1 aliphatic heterocycles. The molecule has 2 aromatic heterocycles. The van der Waals surface area contributed by atoms with Gasteiger partial charge in [0.1, 0.15) is 0 Å². The van der Waals surface area contributed by atoms with Crippen molar-refractivity contribution in [3.63, 3.8) is 0 Å². The van der Waals surface area contributed by atoms with Gasteiger partial charge in [-0.25, -0.2) is 4.98 Å². The van der Waals surface area contributed by atoms with Crippen LogP contribution in [0.3, 0.4) is 0 Å². The molecule has 0 spiro atoms. The van der Waals surface area contributed by atoms with E-state index in [4.69, 9.17) is 5.73 Å². The number of carbonyl (C=O) groups excluding carboxylic acids is 1. The molecule has 2 N–H and O–H groups in total. The number of aromatic nitrogens is 2. The Bertz CT molecular complexity index is 858. The molecule has 0 saturated carbocycles. The Morgan fingerprint density at radius 3 is 2.79 bits per heavy atom. The van der Waals surface area contributed by atoms with E-state index in [1.165, 1.54) is 5.56 Å². The SMILES string of the molecule is N[C@@H]1CN(C(=O)c2cccn3cncc23)CC[C@H]1c1ccccc1. The molecule has 3 heterocycles. The molecular weight excluding hydrogens is 300 g/mol. The summed E-state index contributed by atoms with van der Waals surface area (Å²) in [5.74, 6) is 0.337. The van der Waals surface area contributed by atoms with Gasteiger partial charge in [-0.2, -0.15) is 0 Å². The predicted molar refractivity (Wildman–Crippen MR) is 92.9 cm³/mol. The van der Waals surface area contributed by atoms with Gasteiger partial charge in [-0.3, -0.25) is 4.79 Å². The quantitative estimate of drug-likeness (QED) is 0.788. The molecule has 1 fully saturated rings. The van der Waals surface area contributed by atoms with E-state index in [-0.39, 0.29) is 11.9 Å². The molecule has 1 aliphatic rings. The van der Waals surface area contributed by atoms with Crippen LogP contribution in [0.2, 0.25) is 0 Å². The minimum atomic E-state index is -0.0465. The van der Waals surface area contributed by atoms with Crippen molar-refractivity contribution in [3.05, 3.63) is 72.3 Å². The molecule has 2 atom stereocenters. The minimum absolute atomic E-state index is 0.0306. The second kappa shape index (κ2) is 6.09. The van der Waals surface area contributed by atoms with Gasteiger partial charge < -0.3 is 15.0 Å². The molecule has 5 nitrogen and oxygen atoms in total. The Morgan fingerprint density at radius 1 is 1.17 bits per heavy atom. The van der Waals surface area contributed by atoms with Crippen molar-refractivity contribution in [2.45, 2.75) is 18.4 Å². The van der Waals surface area contributed by atoms with Crippen LogP contribution in [0.25, 0.3) is 5.52 Å². The molecule has 0 aliphatic carbocycles. The lowest BCUT2D eigenvalue weighted by molar-refractivity contribution is 0.0695. The summed E-state index contributed by atoms with van der Waals surface area (Å²) < 4.78 is 1.86. The lowest BCUT2D eigenvalue weighted by atomic mass is 9.85. The van der Waals surface area contributed by atoms with Crippen LogP contribution in [0.4, 0.5) is 0 Å². The zero-order valence-electron chi connectivity index (χ0n) is 13.4. The fraction of sp³-hybridized carbons (Fsp3) is 0.263. The van der Waals surface area contributed by atoms with E-state index in [0.29, 0.717) is 18.0 Å². The lowest BCUT2D eigenvalue weighted by Gasteiger charge is -2.37. The average Bonchev–Trinajstić information content (AvgIpc) is 3.10. The number of nitrogens with zero attached hydrogens (tertiary/aromatic N) is 3. The van der Waals surface area contributed by atoms with Crippen molar-refractivity contribution >= 4 is 11.4 Å². The first-order valence-corrected chi connectivity index (χ1v) is 8.24. The molecule has 1 amide bonds. The van der Waals surface area contributed by atoms with E-state index < -0.39 is 0 Å². The number of likely N-dealkylation sites (tertiary alicyclic amines) is 1. The van der Waals surface area contributed by atoms with Crippen LogP contribution in [0.15, 0.2) is 61.2 Å². The molecule has 3 aromatic rings. The highest BCUT2D eigenvalue weighted by molar-refractivity contribution is 6.00. The molecule has 4 rings (SSSR count). The molecule has 0 bridgehead atoms. The van der Waals surface area contributed by atoms with Crippen LogP contribution in [0.1, 0.15) is 28.3 Å². The molecule has 24 heavy (non-hydrogen) atoms. The Labute approximate surface area is 140 Å². The maximum absolute atomic E-state index is 12.9. The highest BCUT2D eigenvalue weighted by atomic mass is 16.2. The zero-order valence-corrected chi connectivity index (χ0v) is 13.4. The molecular formula is C19H20N4O. The number of carbonyl (C=O) groups is 1. The standard InChI is InChI=1S/C19H20N4O/c20-17-12-22(10-8-15(17)14-5-2-1-3-6-14)19(24)16-7-4-9-23-13-21-11-18(16)23/h1-7,9,11,13,15,17H,8,10,12,20H2/t15-,17+/m0/s1. The van der Waals surface area contributed by atoms with Gasteiger partial charge in [-0.1, -0.05) is 30.3 Å². The highest BCUT2D eigenvalue weighted by Gasteiger charge is 2.31. The normalized spacial score (nSPS) is 21.1. The second-order valence-corrected chi connectivity index (χ2v) is 6.33. The zero-order chi connectivity index (χ0) is 16.5. The number of amides is 1. The Balaban J connectivity index is 1.55. The first-order chi connectivity index (χ1) is 11.7. The average molecular weight is 320 g/mol. The third-order valence-electron chi connectivity index (χ3n) is 4.85. The van der Waals surface area contributed by atoms with E-state index in [0.717, 1.165) is 18.5 Å². The van der Waals surface area contributed by atoms with Gasteiger partial charge in [0.25, 0.3) is 5.91 Å². The van der Waals surface area contributed by atoms with Crippen molar-refractivity contribution in [2.24, 2.45) is 5.73 Å². The number of benzene rings is 1. The van der Waals surface area contributed by atoms with E-state index in [9.17, 15) is 4.79 Å². The van der Waals surface area contributed by atoms with Crippen molar-refractivity contribution in [2.75, 3.05) is 13.1 Å². The fourth-order valence-electron chi connectivity index (χ4n) is 3.58. The molecule has 5 heteroatoms. The van der Waals surface area contributed by atoms with Crippen LogP contribution in [-0.2, 0) is 0 Å². The van der Waals surface area contributed by atoms with Gasteiger partial charge in [0, 0.05) is 31.2 Å². The van der Waals surface area contributed by atoms with E-state index in [1.807, 2.05) is 45.8 Å². The molecule has 0 radical (unpaired) electrons. The van der Waals surface area contributed by atoms with Gasteiger partial charge >= 0.3 is 0 Å². The third kappa shape index (κ3) is 2.57. The fourth-order valence-corrected chi connectivity index (χ4v) is 3.58. The first kappa shape index (κ1) is 14.9. The Kier molecular flexibility index (Phi) is 3.78. The second-order valence-electron chi connectivity index (χ2n) is 6.33. The van der Waals surface area contributed by atoms with E-state index in [1.54, 1.807) is 12.5 Å². The Morgan fingerprint density at radius 2 is 2.00 bits per heavy atom. The summed E-state index contributed by atoms with van der Waals surface area (Å²) >= 11 is 0. The van der Waals surface area contributed by atoms with Crippen LogP contribution >= 0.6 is 0 Å². The lowest BCUT2D eigenvalue weighted by Crippen LogP contribution is -2.49. The van der Waals surface area contributed by atoms with Gasteiger partial charge in [-0.05, 0) is 24.1 Å². The summed E-state index contributed by atoms with van der Waals surface area (Å²) in [6.45, 7) is 1.30. The predicted octanol–water partition coefficient (Wildman–Crippen LogP) is 2.29. The third-order valence-corrected chi connectivity index (χ3v) is 4.85. The van der Waals surface area contributed by atoms with Crippen molar-refractivity contribution in [1.82, 2.24) is 14.3 Å². The maximum atomic E-state index is 12.9. The summed E-state index contributed by atoms with van der Waals surface area (Å²) in [6.07, 6.45) is 6.22. The van der Waals surface area contributed by atoms with Crippen molar-refractivity contribution in [1.29, 1.82) is 0 Å². The van der Waals surface area contributed by atoms with Gasteiger partial charge in [0.15, 0.2) is 0 Å². The van der Waals surface area contributed by atoms with Crippen LogP contribution in [0, 0.1) is 0 Å². The number of nitrogens with two attached hydrogens (primary N) is 1. The Hall–Kier alpha value is -2.66.